The van der Waals surface area contributed by atoms with Crippen molar-refractivity contribution in [1.82, 2.24) is 0 Å². The molecule has 20 heavy (non-hydrogen) atoms. The van der Waals surface area contributed by atoms with E-state index in [0.29, 0.717) is 32.4 Å². The summed E-state index contributed by atoms with van der Waals surface area (Å²) in [6, 6.07) is 2.25. The van der Waals surface area contributed by atoms with Gasteiger partial charge < -0.3 is 15.4 Å². The van der Waals surface area contributed by atoms with Gasteiger partial charge in [-0.1, -0.05) is 0 Å². The number of nitrogen functional groups attached to an aromatic ring is 1. The number of hydrogen-bond donors (Lipinski definition) is 1. The number of carbonyl (C=O) groups excluding carboxylic acids is 1. The van der Waals surface area contributed by atoms with E-state index in [1.807, 2.05) is 0 Å². The molecular formula is C14H18F2N2O2. The highest BCUT2D eigenvalue weighted by atomic mass is 19.1. The number of carbonyl (C=O) groups is 1. The maximum Gasteiger partial charge on any atom is 0.305 e. The van der Waals surface area contributed by atoms with Crippen LogP contribution < -0.4 is 10.6 Å². The van der Waals surface area contributed by atoms with Crippen LogP contribution in [0.1, 0.15) is 19.3 Å². The van der Waals surface area contributed by atoms with E-state index in [9.17, 15) is 13.6 Å². The zero-order valence-corrected chi connectivity index (χ0v) is 11.4. The first-order chi connectivity index (χ1) is 9.51. The van der Waals surface area contributed by atoms with Crippen molar-refractivity contribution in [3.05, 3.63) is 23.8 Å². The highest BCUT2D eigenvalue weighted by Gasteiger charge is 2.25. The van der Waals surface area contributed by atoms with E-state index in [1.54, 1.807) is 4.90 Å². The lowest BCUT2D eigenvalue weighted by Gasteiger charge is -2.33. The van der Waals surface area contributed by atoms with Gasteiger partial charge in [-0.25, -0.2) is 8.78 Å². The van der Waals surface area contributed by atoms with Crippen LogP contribution in [0.5, 0.6) is 0 Å². The van der Waals surface area contributed by atoms with Crippen LogP contribution in [0.25, 0.3) is 0 Å². The zero-order chi connectivity index (χ0) is 14.7. The summed E-state index contributed by atoms with van der Waals surface area (Å²) in [7, 11) is 1.36. The van der Waals surface area contributed by atoms with Crippen molar-refractivity contribution in [2.75, 3.05) is 30.8 Å². The molecule has 4 nitrogen and oxygen atoms in total. The SMILES string of the molecule is COC(=O)CC1CCN(c2c(F)cc(N)cc2F)CC1. The van der Waals surface area contributed by atoms with Gasteiger partial charge in [-0.3, -0.25) is 4.79 Å². The molecule has 1 heterocycles. The number of nitrogens with two attached hydrogens (primary N) is 1. The highest BCUT2D eigenvalue weighted by Crippen LogP contribution is 2.30. The molecule has 1 aromatic carbocycles. The Balaban J connectivity index is 2.02. The smallest absolute Gasteiger partial charge is 0.305 e. The average Bonchev–Trinajstić information content (AvgIpc) is 2.39. The summed E-state index contributed by atoms with van der Waals surface area (Å²) >= 11 is 0. The van der Waals surface area contributed by atoms with E-state index < -0.39 is 11.6 Å². The van der Waals surface area contributed by atoms with E-state index in [-0.39, 0.29) is 23.3 Å². The van der Waals surface area contributed by atoms with Crippen LogP contribution in [0.3, 0.4) is 0 Å². The Kier molecular flexibility index (Phi) is 4.42. The van der Waals surface area contributed by atoms with Crippen LogP contribution in [0, 0.1) is 17.6 Å². The lowest BCUT2D eigenvalue weighted by atomic mass is 9.93. The maximum absolute atomic E-state index is 13.8. The molecule has 0 aliphatic carbocycles. The molecule has 0 bridgehead atoms. The van der Waals surface area contributed by atoms with Gasteiger partial charge in [-0.15, -0.1) is 0 Å². The first kappa shape index (κ1) is 14.6. The lowest BCUT2D eigenvalue weighted by Crippen LogP contribution is -2.35. The Morgan fingerprint density at radius 2 is 1.90 bits per heavy atom. The summed E-state index contributed by atoms with van der Waals surface area (Å²) in [5.41, 5.74) is 5.44. The number of benzene rings is 1. The fourth-order valence-electron chi connectivity index (χ4n) is 2.57. The Morgan fingerprint density at radius 3 is 2.40 bits per heavy atom. The predicted octanol–water partition coefficient (Wildman–Crippen LogP) is 2.33. The molecule has 110 valence electrons. The summed E-state index contributed by atoms with van der Waals surface area (Å²) in [5, 5.41) is 0. The topological polar surface area (TPSA) is 55.6 Å². The molecule has 0 spiro atoms. The number of piperidine rings is 1. The molecule has 0 amide bonds. The Hall–Kier alpha value is -1.85. The molecule has 6 heteroatoms. The van der Waals surface area contributed by atoms with E-state index in [2.05, 4.69) is 4.74 Å². The fourth-order valence-corrected chi connectivity index (χ4v) is 2.57. The lowest BCUT2D eigenvalue weighted by molar-refractivity contribution is -0.141. The van der Waals surface area contributed by atoms with Crippen LogP contribution >= 0.6 is 0 Å². The molecule has 0 saturated carbocycles. The van der Waals surface area contributed by atoms with Crippen LogP contribution in [-0.2, 0) is 9.53 Å². The van der Waals surface area contributed by atoms with E-state index in [1.165, 1.54) is 7.11 Å². The molecule has 2 N–H and O–H groups in total. The molecule has 1 aliphatic rings. The second-order valence-electron chi connectivity index (χ2n) is 5.04. The third kappa shape index (κ3) is 3.18. The Morgan fingerprint density at radius 1 is 1.35 bits per heavy atom. The van der Waals surface area contributed by atoms with Gasteiger partial charge >= 0.3 is 5.97 Å². The Labute approximate surface area is 116 Å². The fraction of sp³-hybridized carbons (Fsp3) is 0.500. The van der Waals surface area contributed by atoms with Gasteiger partial charge in [0.25, 0.3) is 0 Å². The molecule has 0 atom stereocenters. The highest BCUT2D eigenvalue weighted by molar-refractivity contribution is 5.69. The first-order valence-corrected chi connectivity index (χ1v) is 6.57. The largest absolute Gasteiger partial charge is 0.469 e. The molecule has 2 rings (SSSR count). The van der Waals surface area contributed by atoms with Crippen molar-refractivity contribution in [1.29, 1.82) is 0 Å². The second kappa shape index (κ2) is 6.07. The van der Waals surface area contributed by atoms with Crippen molar-refractivity contribution >= 4 is 17.3 Å². The number of esters is 1. The van der Waals surface area contributed by atoms with Gasteiger partial charge in [-0.05, 0) is 30.9 Å². The van der Waals surface area contributed by atoms with Crippen molar-refractivity contribution in [3.8, 4) is 0 Å². The minimum atomic E-state index is -0.645. The van der Waals surface area contributed by atoms with Crippen molar-refractivity contribution in [3.63, 3.8) is 0 Å². The standard InChI is InChI=1S/C14H18F2N2O2/c1-20-13(19)6-9-2-4-18(5-3-9)14-11(15)7-10(17)8-12(14)16/h7-9H,2-6,17H2,1H3. The second-order valence-corrected chi connectivity index (χ2v) is 5.04. The summed E-state index contributed by atoms with van der Waals surface area (Å²) in [4.78, 5) is 12.9. The minimum absolute atomic E-state index is 0.0317. The van der Waals surface area contributed by atoms with Gasteiger partial charge in [0.05, 0.1) is 7.11 Å². The third-order valence-corrected chi connectivity index (χ3v) is 3.65. The van der Waals surface area contributed by atoms with Crippen LogP contribution in [0.4, 0.5) is 20.2 Å². The number of nitrogens with zero attached hydrogens (tertiary/aromatic N) is 1. The minimum Gasteiger partial charge on any atom is -0.469 e. The van der Waals surface area contributed by atoms with E-state index >= 15 is 0 Å². The van der Waals surface area contributed by atoms with E-state index in [4.69, 9.17) is 5.73 Å². The molecule has 1 aromatic rings. The summed E-state index contributed by atoms with van der Waals surface area (Å²) in [6.45, 7) is 1.03. The summed E-state index contributed by atoms with van der Waals surface area (Å²) in [6.07, 6.45) is 1.77. The van der Waals surface area contributed by atoms with Crippen molar-refractivity contribution in [2.45, 2.75) is 19.3 Å². The quantitative estimate of drug-likeness (QED) is 0.683. The van der Waals surface area contributed by atoms with Gasteiger partial charge in [0, 0.05) is 25.2 Å². The number of halogens is 2. The maximum atomic E-state index is 13.8. The third-order valence-electron chi connectivity index (χ3n) is 3.65. The number of ether oxygens (including phenoxy) is 1. The number of hydrogen-bond acceptors (Lipinski definition) is 4. The summed E-state index contributed by atoms with van der Waals surface area (Å²) < 4.78 is 32.3. The first-order valence-electron chi connectivity index (χ1n) is 6.57. The molecular weight excluding hydrogens is 266 g/mol. The van der Waals surface area contributed by atoms with Gasteiger partial charge in [0.2, 0.25) is 0 Å². The van der Waals surface area contributed by atoms with E-state index in [0.717, 1.165) is 12.1 Å². The van der Waals surface area contributed by atoms with Gasteiger partial charge in [0.15, 0.2) is 11.6 Å². The Bertz CT molecular complexity index is 477. The number of methoxy groups -OCH3 is 1. The average molecular weight is 284 g/mol. The van der Waals surface area contributed by atoms with Crippen molar-refractivity contribution < 1.29 is 18.3 Å². The van der Waals surface area contributed by atoms with Gasteiger partial charge in [0.1, 0.15) is 5.69 Å². The molecule has 0 unspecified atom stereocenters. The van der Waals surface area contributed by atoms with Gasteiger partial charge in [-0.2, -0.15) is 0 Å². The molecule has 1 saturated heterocycles. The predicted molar refractivity (Wildman–Crippen MR) is 72.3 cm³/mol. The number of rotatable bonds is 3. The molecule has 0 aromatic heterocycles. The monoisotopic (exact) mass is 284 g/mol. The van der Waals surface area contributed by atoms with Crippen LogP contribution in [0.2, 0.25) is 0 Å². The molecule has 1 aliphatic heterocycles. The van der Waals surface area contributed by atoms with Crippen LogP contribution in [-0.4, -0.2) is 26.2 Å². The number of anilines is 2. The van der Waals surface area contributed by atoms with Crippen molar-refractivity contribution in [2.24, 2.45) is 5.92 Å². The van der Waals surface area contributed by atoms with Crippen LogP contribution in [0.15, 0.2) is 12.1 Å². The summed E-state index contributed by atoms with van der Waals surface area (Å²) in [5.74, 6) is -1.32. The normalized spacial score (nSPS) is 16.2. The molecule has 1 fully saturated rings. The molecule has 0 radical (unpaired) electrons. The zero-order valence-electron chi connectivity index (χ0n) is 11.4.